The number of furan rings is 1. The summed E-state index contributed by atoms with van der Waals surface area (Å²) in [6.07, 6.45) is 0. The molecule has 0 bridgehead atoms. The molecule has 1 heterocycles. The van der Waals surface area contributed by atoms with Gasteiger partial charge in [0.1, 0.15) is 5.58 Å². The Balaban J connectivity index is 1.95. The van der Waals surface area contributed by atoms with Crippen LogP contribution in [0.4, 0.5) is 5.69 Å². The molecule has 2 aromatic carbocycles. The molecule has 0 saturated carbocycles. The first-order valence-electron chi connectivity index (χ1n) is 7.05. The Labute approximate surface area is 133 Å². The number of nitrogens with one attached hydrogen (secondary N) is 1. The summed E-state index contributed by atoms with van der Waals surface area (Å²) in [5.41, 5.74) is 2.73. The van der Waals surface area contributed by atoms with Gasteiger partial charge in [0.2, 0.25) is 5.76 Å². The van der Waals surface area contributed by atoms with Crippen molar-refractivity contribution >= 4 is 22.6 Å². The van der Waals surface area contributed by atoms with Gasteiger partial charge in [-0.05, 0) is 24.3 Å². The lowest BCUT2D eigenvalue weighted by molar-refractivity contribution is 0.0566. The topological polar surface area (TPSA) is 75.3 Å². The summed E-state index contributed by atoms with van der Waals surface area (Å²) < 4.78 is 10.4. The smallest absolute Gasteiger partial charge is 0.374 e. The van der Waals surface area contributed by atoms with E-state index in [9.17, 15) is 4.79 Å². The third-order valence-electron chi connectivity index (χ3n) is 3.53. The Bertz CT molecular complexity index is 906. The van der Waals surface area contributed by atoms with Gasteiger partial charge < -0.3 is 14.5 Å². The van der Waals surface area contributed by atoms with Gasteiger partial charge in [0.05, 0.1) is 18.7 Å². The molecule has 3 aromatic rings. The van der Waals surface area contributed by atoms with Crippen molar-refractivity contribution in [2.45, 2.75) is 6.54 Å². The van der Waals surface area contributed by atoms with Crippen LogP contribution in [0.5, 0.6) is 0 Å². The average molecular weight is 306 g/mol. The maximum absolute atomic E-state index is 11.9. The van der Waals surface area contributed by atoms with Crippen molar-refractivity contribution < 1.29 is 13.9 Å². The van der Waals surface area contributed by atoms with Gasteiger partial charge in [0.15, 0.2) is 0 Å². The number of benzene rings is 2. The lowest BCUT2D eigenvalue weighted by Crippen LogP contribution is -2.07. The standard InChI is InChI=1S/C18H14N2O3/c1-22-18(21)17-15(14-7-2-3-8-16(14)23-17)11-20-13-6-4-5-12(9-13)10-19/h2-9,20H,11H2,1H3. The first-order chi connectivity index (χ1) is 11.2. The molecule has 0 aliphatic rings. The van der Waals surface area contributed by atoms with Crippen LogP contribution < -0.4 is 5.32 Å². The van der Waals surface area contributed by atoms with E-state index in [1.807, 2.05) is 30.3 Å². The van der Waals surface area contributed by atoms with Gasteiger partial charge in [0.25, 0.3) is 0 Å². The zero-order chi connectivity index (χ0) is 16.2. The number of hydrogen-bond donors (Lipinski definition) is 1. The Hall–Kier alpha value is -3.26. The number of carbonyl (C=O) groups is 1. The van der Waals surface area contributed by atoms with Crippen molar-refractivity contribution in [2.24, 2.45) is 0 Å². The summed E-state index contributed by atoms with van der Waals surface area (Å²) in [5, 5.41) is 13.0. The van der Waals surface area contributed by atoms with E-state index in [0.29, 0.717) is 17.7 Å². The minimum absolute atomic E-state index is 0.192. The lowest BCUT2D eigenvalue weighted by Gasteiger charge is -2.07. The Morgan fingerprint density at radius 3 is 2.87 bits per heavy atom. The van der Waals surface area contributed by atoms with Crippen LogP contribution in [0.3, 0.4) is 0 Å². The van der Waals surface area contributed by atoms with E-state index >= 15 is 0 Å². The fraction of sp³-hybridized carbons (Fsp3) is 0.111. The zero-order valence-corrected chi connectivity index (χ0v) is 12.5. The minimum Gasteiger partial charge on any atom is -0.463 e. The summed E-state index contributed by atoms with van der Waals surface area (Å²) in [6.45, 7) is 0.385. The molecule has 0 aliphatic heterocycles. The summed E-state index contributed by atoms with van der Waals surface area (Å²) in [4.78, 5) is 11.9. The van der Waals surface area contributed by atoms with Crippen molar-refractivity contribution in [1.29, 1.82) is 5.26 Å². The van der Waals surface area contributed by atoms with Crippen LogP contribution in [0.1, 0.15) is 21.7 Å². The lowest BCUT2D eigenvalue weighted by atomic mass is 10.1. The van der Waals surface area contributed by atoms with E-state index in [1.165, 1.54) is 7.11 Å². The summed E-state index contributed by atoms with van der Waals surface area (Å²) >= 11 is 0. The Kier molecular flexibility index (Phi) is 3.98. The second-order valence-electron chi connectivity index (χ2n) is 4.94. The van der Waals surface area contributed by atoms with Crippen LogP contribution in [0.15, 0.2) is 52.9 Å². The van der Waals surface area contributed by atoms with Gasteiger partial charge in [-0.15, -0.1) is 0 Å². The third kappa shape index (κ3) is 2.87. The predicted molar refractivity (Wildman–Crippen MR) is 86.0 cm³/mol. The number of anilines is 1. The van der Waals surface area contributed by atoms with E-state index in [4.69, 9.17) is 14.4 Å². The van der Waals surface area contributed by atoms with Crippen LogP contribution in [-0.4, -0.2) is 13.1 Å². The number of rotatable bonds is 4. The number of para-hydroxylation sites is 1. The first kappa shape index (κ1) is 14.7. The highest BCUT2D eigenvalue weighted by Crippen LogP contribution is 2.27. The average Bonchev–Trinajstić information content (AvgIpc) is 2.98. The molecule has 23 heavy (non-hydrogen) atoms. The molecule has 0 saturated heterocycles. The third-order valence-corrected chi connectivity index (χ3v) is 3.53. The summed E-state index contributed by atoms with van der Waals surface area (Å²) in [7, 11) is 1.32. The quantitative estimate of drug-likeness (QED) is 0.744. The number of esters is 1. The van der Waals surface area contributed by atoms with Crippen molar-refractivity contribution in [3.63, 3.8) is 0 Å². The van der Waals surface area contributed by atoms with Crippen LogP contribution >= 0.6 is 0 Å². The van der Waals surface area contributed by atoms with Gasteiger partial charge in [-0.3, -0.25) is 0 Å². The van der Waals surface area contributed by atoms with Crippen molar-refractivity contribution in [3.05, 3.63) is 65.4 Å². The number of ether oxygens (including phenoxy) is 1. The first-order valence-corrected chi connectivity index (χ1v) is 7.05. The molecular formula is C18H14N2O3. The highest BCUT2D eigenvalue weighted by molar-refractivity contribution is 5.96. The molecule has 0 atom stereocenters. The predicted octanol–water partition coefficient (Wildman–Crippen LogP) is 3.70. The Morgan fingerprint density at radius 2 is 2.09 bits per heavy atom. The number of nitrogens with zero attached hydrogens (tertiary/aromatic N) is 1. The molecule has 3 rings (SSSR count). The fourth-order valence-corrected chi connectivity index (χ4v) is 2.42. The SMILES string of the molecule is COC(=O)c1oc2ccccc2c1CNc1cccc(C#N)c1. The molecule has 0 fully saturated rings. The second kappa shape index (κ2) is 6.24. The highest BCUT2D eigenvalue weighted by Gasteiger charge is 2.20. The number of carbonyl (C=O) groups excluding carboxylic acids is 1. The molecule has 0 aliphatic carbocycles. The van der Waals surface area contributed by atoms with Gasteiger partial charge >= 0.3 is 5.97 Å². The van der Waals surface area contributed by atoms with Crippen LogP contribution in [-0.2, 0) is 11.3 Å². The monoisotopic (exact) mass is 306 g/mol. The summed E-state index contributed by atoms with van der Waals surface area (Å²) in [6, 6.07) is 16.7. The van der Waals surface area contributed by atoms with E-state index in [2.05, 4.69) is 11.4 Å². The minimum atomic E-state index is -0.510. The molecular weight excluding hydrogens is 292 g/mol. The fourth-order valence-electron chi connectivity index (χ4n) is 2.42. The molecule has 0 radical (unpaired) electrons. The maximum Gasteiger partial charge on any atom is 0.374 e. The highest BCUT2D eigenvalue weighted by atomic mass is 16.5. The molecule has 1 aromatic heterocycles. The number of fused-ring (bicyclic) bond motifs is 1. The van der Waals surface area contributed by atoms with Gasteiger partial charge in [0, 0.05) is 23.2 Å². The molecule has 5 nitrogen and oxygen atoms in total. The van der Waals surface area contributed by atoms with E-state index in [1.54, 1.807) is 18.2 Å². The van der Waals surface area contributed by atoms with Crippen LogP contribution in [0.2, 0.25) is 0 Å². The van der Waals surface area contributed by atoms with E-state index < -0.39 is 5.97 Å². The number of hydrogen-bond acceptors (Lipinski definition) is 5. The van der Waals surface area contributed by atoms with Gasteiger partial charge in [-0.2, -0.15) is 5.26 Å². The zero-order valence-electron chi connectivity index (χ0n) is 12.5. The Morgan fingerprint density at radius 1 is 1.26 bits per heavy atom. The molecule has 1 N–H and O–H groups in total. The molecule has 5 heteroatoms. The molecule has 0 amide bonds. The van der Waals surface area contributed by atoms with Crippen molar-refractivity contribution in [3.8, 4) is 6.07 Å². The normalized spacial score (nSPS) is 10.3. The summed E-state index contributed by atoms with van der Waals surface area (Å²) in [5.74, 6) is -0.318. The van der Waals surface area contributed by atoms with Crippen molar-refractivity contribution in [1.82, 2.24) is 0 Å². The van der Waals surface area contributed by atoms with E-state index in [-0.39, 0.29) is 5.76 Å². The molecule has 114 valence electrons. The van der Waals surface area contributed by atoms with Crippen LogP contribution in [0, 0.1) is 11.3 Å². The van der Waals surface area contributed by atoms with Gasteiger partial charge in [-0.1, -0.05) is 24.3 Å². The van der Waals surface area contributed by atoms with Gasteiger partial charge in [-0.25, -0.2) is 4.79 Å². The largest absolute Gasteiger partial charge is 0.463 e. The second-order valence-corrected chi connectivity index (χ2v) is 4.94. The molecule has 0 spiro atoms. The number of nitriles is 1. The molecule has 0 unspecified atom stereocenters. The maximum atomic E-state index is 11.9. The number of methoxy groups -OCH3 is 1. The van der Waals surface area contributed by atoms with Crippen LogP contribution in [0.25, 0.3) is 11.0 Å². The van der Waals surface area contributed by atoms with E-state index in [0.717, 1.165) is 16.6 Å². The van der Waals surface area contributed by atoms with Crippen molar-refractivity contribution in [2.75, 3.05) is 12.4 Å².